The molecule has 2 aromatic rings. The van der Waals surface area contributed by atoms with Gasteiger partial charge in [-0.2, -0.15) is 4.72 Å². The Bertz CT molecular complexity index is 1180. The van der Waals surface area contributed by atoms with E-state index in [1.54, 1.807) is 23.1 Å². The Morgan fingerprint density at radius 1 is 1.11 bits per heavy atom. The third-order valence-electron chi connectivity index (χ3n) is 6.82. The second-order valence-electron chi connectivity index (χ2n) is 9.51. The lowest BCUT2D eigenvalue weighted by Gasteiger charge is -2.43. The van der Waals surface area contributed by atoms with Gasteiger partial charge in [0.25, 0.3) is 0 Å². The van der Waals surface area contributed by atoms with E-state index < -0.39 is 53.0 Å². The maximum absolute atomic E-state index is 13.4. The highest BCUT2D eigenvalue weighted by Gasteiger charge is 2.40. The second-order valence-corrected chi connectivity index (χ2v) is 11.2. The minimum Gasteiger partial charge on any atom is -0.468 e. The summed E-state index contributed by atoms with van der Waals surface area (Å²) in [5.41, 5.74) is 0.862. The molecule has 0 aliphatic carbocycles. The lowest BCUT2D eigenvalue weighted by molar-refractivity contribution is -0.145. The van der Waals surface area contributed by atoms with Crippen LogP contribution < -0.4 is 9.62 Å². The van der Waals surface area contributed by atoms with Crippen molar-refractivity contribution in [2.75, 3.05) is 45.8 Å². The van der Waals surface area contributed by atoms with E-state index in [0.29, 0.717) is 24.8 Å². The summed E-state index contributed by atoms with van der Waals surface area (Å²) < 4.78 is 34.1. The average molecular weight is 540 g/mol. The molecule has 1 aliphatic rings. The monoisotopic (exact) mass is 539 g/mol. The van der Waals surface area contributed by atoms with Gasteiger partial charge in [-0.05, 0) is 37.9 Å². The Morgan fingerprint density at radius 2 is 1.78 bits per heavy atom. The van der Waals surface area contributed by atoms with Crippen molar-refractivity contribution in [2.24, 2.45) is 0 Å². The fourth-order valence-electron chi connectivity index (χ4n) is 4.81. The van der Waals surface area contributed by atoms with Crippen LogP contribution in [-0.2, 0) is 19.6 Å². The number of hydrogen-bond acceptors (Lipinski definition) is 10. The molecular formula is C25H37N3O8S. The van der Waals surface area contributed by atoms with Gasteiger partial charge in [0.2, 0.25) is 10.0 Å². The molecule has 0 bridgehead atoms. The zero-order chi connectivity index (χ0) is 27.3. The van der Waals surface area contributed by atoms with E-state index in [0.717, 1.165) is 11.1 Å². The number of carbonyl (C=O) groups is 1. The molecule has 0 amide bonds. The first kappa shape index (κ1) is 29.2. The summed E-state index contributed by atoms with van der Waals surface area (Å²) in [7, 11) is 0.857. The van der Waals surface area contributed by atoms with Crippen LogP contribution in [0.4, 0.5) is 5.69 Å². The van der Waals surface area contributed by atoms with Crippen LogP contribution in [0, 0.1) is 0 Å². The Morgan fingerprint density at radius 3 is 2.43 bits per heavy atom. The van der Waals surface area contributed by atoms with Crippen LogP contribution in [0.15, 0.2) is 41.3 Å². The molecule has 2 aromatic carbocycles. The van der Waals surface area contributed by atoms with Gasteiger partial charge in [-0.25, -0.2) is 8.42 Å². The van der Waals surface area contributed by atoms with Gasteiger partial charge in [-0.3, -0.25) is 9.69 Å². The summed E-state index contributed by atoms with van der Waals surface area (Å²) >= 11 is 0. The highest BCUT2D eigenvalue weighted by Crippen LogP contribution is 2.30. The number of aliphatic hydroxyl groups excluding tert-OH is 4. The number of piperidine rings is 1. The summed E-state index contributed by atoms with van der Waals surface area (Å²) in [4.78, 5) is 16.1. The number of benzene rings is 2. The predicted molar refractivity (Wildman–Crippen MR) is 139 cm³/mol. The summed E-state index contributed by atoms with van der Waals surface area (Å²) in [6, 6.07) is 8.55. The fraction of sp³-hybridized carbons (Fsp3) is 0.560. The summed E-state index contributed by atoms with van der Waals surface area (Å²) in [6.07, 6.45) is -2.72. The maximum Gasteiger partial charge on any atom is 0.323 e. The van der Waals surface area contributed by atoms with Crippen LogP contribution in [0.5, 0.6) is 0 Å². The fourth-order valence-corrected chi connectivity index (χ4v) is 6.25. The van der Waals surface area contributed by atoms with Crippen LogP contribution in [0.2, 0.25) is 0 Å². The SMILES string of the molecule is COC(=O)[C@H](CCCCN1C[C@@H](O)[C@@H](O)[C@H](O)[C@H]1CO)NS(=O)(=O)c1cccc2c(N(C)C)cccc12. The number of anilines is 1. The van der Waals surface area contributed by atoms with E-state index >= 15 is 0 Å². The molecule has 0 aromatic heterocycles. The maximum atomic E-state index is 13.4. The van der Waals surface area contributed by atoms with Crippen LogP contribution in [-0.4, -0.2) is 111 Å². The number of methoxy groups -OCH3 is 1. The number of likely N-dealkylation sites (tertiary alicyclic amines) is 1. The van der Waals surface area contributed by atoms with Gasteiger partial charge in [-0.15, -0.1) is 0 Å². The van der Waals surface area contributed by atoms with Crippen molar-refractivity contribution >= 4 is 32.5 Å². The normalized spacial score (nSPS) is 23.6. The van der Waals surface area contributed by atoms with E-state index in [2.05, 4.69) is 4.72 Å². The number of aliphatic hydroxyl groups is 4. The van der Waals surface area contributed by atoms with E-state index in [-0.39, 0.29) is 17.9 Å². The van der Waals surface area contributed by atoms with E-state index in [1.807, 2.05) is 31.1 Å². The first-order valence-electron chi connectivity index (χ1n) is 12.2. The van der Waals surface area contributed by atoms with Gasteiger partial charge >= 0.3 is 5.97 Å². The number of hydrogen-bond donors (Lipinski definition) is 5. The first-order valence-corrected chi connectivity index (χ1v) is 13.7. The highest BCUT2D eigenvalue weighted by molar-refractivity contribution is 7.89. The lowest BCUT2D eigenvalue weighted by Crippen LogP contribution is -2.62. The molecule has 5 atom stereocenters. The molecule has 0 radical (unpaired) electrons. The topological polar surface area (TPSA) is 160 Å². The quantitative estimate of drug-likeness (QED) is 0.189. The number of sulfonamides is 1. The Balaban J connectivity index is 1.71. The molecule has 37 heavy (non-hydrogen) atoms. The number of β-amino-alcohol motifs (C(OH)–C–C–N with tert-alkyl or cyclic N) is 1. The zero-order valence-electron chi connectivity index (χ0n) is 21.3. The van der Waals surface area contributed by atoms with Crippen LogP contribution in [0.1, 0.15) is 19.3 Å². The smallest absolute Gasteiger partial charge is 0.323 e. The van der Waals surface area contributed by atoms with Crippen molar-refractivity contribution in [1.82, 2.24) is 9.62 Å². The van der Waals surface area contributed by atoms with Crippen LogP contribution >= 0.6 is 0 Å². The lowest BCUT2D eigenvalue weighted by atomic mass is 9.94. The van der Waals surface area contributed by atoms with Gasteiger partial charge in [-0.1, -0.05) is 24.3 Å². The van der Waals surface area contributed by atoms with Crippen molar-refractivity contribution in [2.45, 2.75) is 54.6 Å². The molecule has 1 heterocycles. The molecule has 1 saturated heterocycles. The number of carbonyl (C=O) groups excluding carboxylic acids is 1. The van der Waals surface area contributed by atoms with Gasteiger partial charge in [0.05, 0.1) is 30.8 Å². The van der Waals surface area contributed by atoms with Gasteiger partial charge in [0.1, 0.15) is 18.2 Å². The van der Waals surface area contributed by atoms with Crippen molar-refractivity contribution in [3.63, 3.8) is 0 Å². The van der Waals surface area contributed by atoms with E-state index in [4.69, 9.17) is 4.74 Å². The Hall–Kier alpha value is -2.32. The van der Waals surface area contributed by atoms with Crippen molar-refractivity contribution < 1.29 is 38.4 Å². The second kappa shape index (κ2) is 12.5. The number of unbranched alkanes of at least 4 members (excludes halogenated alkanes) is 1. The molecule has 0 saturated carbocycles. The number of nitrogens with zero attached hydrogens (tertiary/aromatic N) is 2. The Labute approximate surface area is 217 Å². The van der Waals surface area contributed by atoms with Crippen LogP contribution in [0.3, 0.4) is 0 Å². The third-order valence-corrected chi connectivity index (χ3v) is 8.35. The number of esters is 1. The minimum atomic E-state index is -4.08. The first-order chi connectivity index (χ1) is 17.5. The molecule has 12 heteroatoms. The molecular weight excluding hydrogens is 502 g/mol. The summed E-state index contributed by atoms with van der Waals surface area (Å²) in [5.74, 6) is -0.710. The molecule has 5 N–H and O–H groups in total. The van der Waals surface area contributed by atoms with Gasteiger partial charge < -0.3 is 30.1 Å². The van der Waals surface area contributed by atoms with Crippen molar-refractivity contribution in [3.05, 3.63) is 36.4 Å². The molecule has 1 aliphatic heterocycles. The standard InChI is InChI=1S/C25H37N3O8S/c1-27(2)19-11-6-9-17-16(19)8-7-12-22(17)37(34,35)26-18(25(33)36-3)10-4-5-13-28-14-21(30)24(32)23(31)20(28)15-29/h6-9,11-12,18,20-21,23-24,26,29-32H,4-5,10,13-15H2,1-3H3/t18-,20+,21+,23+,24+/m0/s1. The molecule has 3 rings (SSSR count). The summed E-state index contributed by atoms with van der Waals surface area (Å²) in [5, 5.41) is 40.9. The third kappa shape index (κ3) is 6.58. The van der Waals surface area contributed by atoms with Crippen molar-refractivity contribution in [1.29, 1.82) is 0 Å². The zero-order valence-corrected chi connectivity index (χ0v) is 22.1. The number of fused-ring (bicyclic) bond motifs is 1. The molecule has 0 unspecified atom stereocenters. The van der Waals surface area contributed by atoms with Crippen LogP contribution in [0.25, 0.3) is 10.8 Å². The predicted octanol–water partition coefficient (Wildman–Crippen LogP) is -0.345. The van der Waals surface area contributed by atoms with E-state index in [1.165, 1.54) is 13.2 Å². The largest absolute Gasteiger partial charge is 0.468 e. The highest BCUT2D eigenvalue weighted by atomic mass is 32.2. The van der Waals surface area contributed by atoms with Gasteiger partial charge in [0.15, 0.2) is 0 Å². The Kier molecular flexibility index (Phi) is 9.86. The minimum absolute atomic E-state index is 0.0586. The molecule has 0 spiro atoms. The number of ether oxygens (including phenoxy) is 1. The molecule has 206 valence electrons. The number of rotatable bonds is 11. The average Bonchev–Trinajstić information content (AvgIpc) is 2.87. The van der Waals surface area contributed by atoms with Crippen molar-refractivity contribution in [3.8, 4) is 0 Å². The van der Waals surface area contributed by atoms with E-state index in [9.17, 15) is 33.6 Å². The van der Waals surface area contributed by atoms with Gasteiger partial charge in [0, 0.05) is 37.1 Å². The number of nitrogens with one attached hydrogen (secondary N) is 1. The molecule has 11 nitrogen and oxygen atoms in total. The molecule has 1 fully saturated rings. The summed E-state index contributed by atoms with van der Waals surface area (Å²) in [6.45, 7) is 0.0476.